The summed E-state index contributed by atoms with van der Waals surface area (Å²) < 4.78 is 26.5. The lowest BCUT2D eigenvalue weighted by atomic mass is 10.4. The molecule has 5 nitrogen and oxygen atoms in total. The highest BCUT2D eigenvalue weighted by Crippen LogP contribution is 2.21. The van der Waals surface area contributed by atoms with Gasteiger partial charge in [0.15, 0.2) is 0 Å². The Bertz CT molecular complexity index is 656. The van der Waals surface area contributed by atoms with E-state index in [9.17, 15) is 8.42 Å². The third-order valence-electron chi connectivity index (χ3n) is 2.19. The van der Waals surface area contributed by atoms with E-state index >= 15 is 0 Å². The fourth-order valence-corrected chi connectivity index (χ4v) is 2.77. The third-order valence-corrected chi connectivity index (χ3v) is 4.04. The monoisotopic (exact) mass is 283 g/mol. The first-order valence-electron chi connectivity index (χ1n) is 5.04. The molecular formula is C11H10ClN3O2S. The normalized spacial score (nSPS) is 11.2. The Morgan fingerprint density at radius 1 is 1.22 bits per heavy atom. The highest BCUT2D eigenvalue weighted by Gasteiger charge is 2.18. The van der Waals surface area contributed by atoms with Crippen molar-refractivity contribution >= 4 is 27.3 Å². The molecule has 1 N–H and O–H groups in total. The smallest absolute Gasteiger partial charge is 0.264 e. The number of hydrogen-bond donors (Lipinski definition) is 1. The number of aryl methyl sites for hydroxylation is 1. The van der Waals surface area contributed by atoms with Crippen LogP contribution in [0.25, 0.3) is 0 Å². The van der Waals surface area contributed by atoms with Crippen molar-refractivity contribution in [2.45, 2.75) is 11.8 Å². The van der Waals surface area contributed by atoms with Gasteiger partial charge in [0.25, 0.3) is 10.0 Å². The van der Waals surface area contributed by atoms with Gasteiger partial charge in [0.2, 0.25) is 0 Å². The summed E-state index contributed by atoms with van der Waals surface area (Å²) in [7, 11) is -3.74. The van der Waals surface area contributed by atoms with Crippen LogP contribution in [-0.2, 0) is 10.0 Å². The SMILES string of the molecule is Cc1ccc(NS(=O)(=O)c2cnccc2Cl)cn1. The van der Waals surface area contributed by atoms with E-state index in [2.05, 4.69) is 14.7 Å². The molecule has 0 atom stereocenters. The molecule has 2 aromatic rings. The fraction of sp³-hybridized carbons (Fsp3) is 0.0909. The maximum Gasteiger partial charge on any atom is 0.264 e. The van der Waals surface area contributed by atoms with Crippen LogP contribution in [0.1, 0.15) is 5.69 Å². The molecule has 0 unspecified atom stereocenters. The van der Waals surface area contributed by atoms with Gasteiger partial charge in [-0.05, 0) is 25.1 Å². The van der Waals surface area contributed by atoms with Gasteiger partial charge in [-0.1, -0.05) is 11.6 Å². The Hall–Kier alpha value is -1.66. The molecule has 7 heteroatoms. The van der Waals surface area contributed by atoms with Crippen molar-refractivity contribution < 1.29 is 8.42 Å². The summed E-state index contributed by atoms with van der Waals surface area (Å²) in [4.78, 5) is 7.69. The van der Waals surface area contributed by atoms with Gasteiger partial charge in [-0.25, -0.2) is 8.42 Å². The van der Waals surface area contributed by atoms with Crippen LogP contribution < -0.4 is 4.72 Å². The van der Waals surface area contributed by atoms with Gasteiger partial charge in [-0.15, -0.1) is 0 Å². The van der Waals surface area contributed by atoms with Gasteiger partial charge >= 0.3 is 0 Å². The number of rotatable bonds is 3. The Morgan fingerprint density at radius 2 is 2.00 bits per heavy atom. The molecule has 0 saturated carbocycles. The predicted molar refractivity (Wildman–Crippen MR) is 69.0 cm³/mol. The van der Waals surface area contributed by atoms with Gasteiger partial charge < -0.3 is 0 Å². The minimum Gasteiger partial charge on any atom is -0.278 e. The zero-order valence-corrected chi connectivity index (χ0v) is 11.0. The molecule has 2 heterocycles. The molecule has 0 aliphatic heterocycles. The molecule has 0 saturated heterocycles. The summed E-state index contributed by atoms with van der Waals surface area (Å²) in [5.74, 6) is 0. The zero-order valence-electron chi connectivity index (χ0n) is 9.46. The van der Waals surface area contributed by atoms with Crippen molar-refractivity contribution in [2.24, 2.45) is 0 Å². The maximum atomic E-state index is 12.0. The number of anilines is 1. The molecule has 0 bridgehead atoms. The molecular weight excluding hydrogens is 274 g/mol. The van der Waals surface area contributed by atoms with E-state index in [1.807, 2.05) is 6.92 Å². The lowest BCUT2D eigenvalue weighted by Crippen LogP contribution is -2.13. The van der Waals surface area contributed by atoms with E-state index in [0.717, 1.165) is 5.69 Å². The number of sulfonamides is 1. The maximum absolute atomic E-state index is 12.0. The summed E-state index contributed by atoms with van der Waals surface area (Å²) in [5.41, 5.74) is 1.18. The Morgan fingerprint density at radius 3 is 2.61 bits per heavy atom. The average Bonchev–Trinajstić information content (AvgIpc) is 2.32. The quantitative estimate of drug-likeness (QED) is 0.938. The minimum atomic E-state index is -3.74. The number of nitrogens with one attached hydrogen (secondary N) is 1. The van der Waals surface area contributed by atoms with Gasteiger partial charge in [-0.2, -0.15) is 0 Å². The largest absolute Gasteiger partial charge is 0.278 e. The topological polar surface area (TPSA) is 72.0 Å². The molecule has 0 amide bonds. The zero-order chi connectivity index (χ0) is 13.2. The standard InChI is InChI=1S/C11H10ClN3O2S/c1-8-2-3-9(6-14-8)15-18(16,17)11-7-13-5-4-10(11)12/h2-7,15H,1H3. The van der Waals surface area contributed by atoms with Crippen LogP contribution in [0.15, 0.2) is 41.7 Å². The second-order valence-corrected chi connectivity index (χ2v) is 5.66. The van der Waals surface area contributed by atoms with Gasteiger partial charge in [0.1, 0.15) is 4.90 Å². The Kier molecular flexibility index (Phi) is 3.49. The van der Waals surface area contributed by atoms with E-state index in [-0.39, 0.29) is 9.92 Å². The number of nitrogens with zero attached hydrogens (tertiary/aromatic N) is 2. The minimum absolute atomic E-state index is 0.0627. The van der Waals surface area contributed by atoms with Crippen LogP contribution in [0.2, 0.25) is 5.02 Å². The molecule has 2 rings (SSSR count). The Balaban J connectivity index is 2.33. The first-order chi connectivity index (χ1) is 8.49. The number of halogens is 1. The van der Waals surface area contributed by atoms with Crippen LogP contribution in [0, 0.1) is 6.92 Å². The van der Waals surface area contributed by atoms with Crippen LogP contribution in [-0.4, -0.2) is 18.4 Å². The molecule has 0 radical (unpaired) electrons. The van der Waals surface area contributed by atoms with E-state index < -0.39 is 10.0 Å². The highest BCUT2D eigenvalue weighted by atomic mass is 35.5. The summed E-state index contributed by atoms with van der Waals surface area (Å²) in [6, 6.07) is 4.76. The van der Waals surface area contributed by atoms with Crippen molar-refractivity contribution in [3.05, 3.63) is 47.5 Å². The van der Waals surface area contributed by atoms with Crippen LogP contribution in [0.5, 0.6) is 0 Å². The predicted octanol–water partition coefficient (Wildman–Crippen LogP) is 2.24. The van der Waals surface area contributed by atoms with Gasteiger partial charge in [0, 0.05) is 18.1 Å². The first-order valence-corrected chi connectivity index (χ1v) is 6.90. The van der Waals surface area contributed by atoms with Gasteiger partial charge in [0.05, 0.1) is 16.9 Å². The number of pyridine rings is 2. The highest BCUT2D eigenvalue weighted by molar-refractivity contribution is 7.92. The molecule has 0 aromatic carbocycles. The number of hydrogen-bond acceptors (Lipinski definition) is 4. The molecule has 2 aromatic heterocycles. The summed E-state index contributed by atoms with van der Waals surface area (Å²) in [6.45, 7) is 1.82. The third kappa shape index (κ3) is 2.77. The van der Waals surface area contributed by atoms with Crippen LogP contribution >= 0.6 is 11.6 Å². The molecule has 18 heavy (non-hydrogen) atoms. The van der Waals surface area contributed by atoms with Crippen molar-refractivity contribution in [3.8, 4) is 0 Å². The second kappa shape index (κ2) is 4.91. The fourth-order valence-electron chi connectivity index (χ4n) is 1.30. The summed E-state index contributed by atoms with van der Waals surface area (Å²) in [5, 5.41) is 0.123. The lowest BCUT2D eigenvalue weighted by Gasteiger charge is -2.08. The Labute approximate surface area is 110 Å². The van der Waals surface area contributed by atoms with E-state index in [4.69, 9.17) is 11.6 Å². The number of aromatic nitrogens is 2. The van der Waals surface area contributed by atoms with Crippen molar-refractivity contribution in [1.82, 2.24) is 9.97 Å². The molecule has 0 aliphatic rings. The molecule has 94 valence electrons. The summed E-state index contributed by atoms with van der Waals surface area (Å²) in [6.07, 6.45) is 4.07. The average molecular weight is 284 g/mol. The molecule has 0 aliphatic carbocycles. The van der Waals surface area contributed by atoms with E-state index in [1.54, 1.807) is 12.1 Å². The van der Waals surface area contributed by atoms with E-state index in [0.29, 0.717) is 5.69 Å². The van der Waals surface area contributed by atoms with Crippen molar-refractivity contribution in [3.63, 3.8) is 0 Å². The van der Waals surface area contributed by atoms with E-state index in [1.165, 1.54) is 24.7 Å². The van der Waals surface area contributed by atoms with Gasteiger partial charge in [-0.3, -0.25) is 14.7 Å². The first kappa shape index (κ1) is 12.8. The molecule has 0 fully saturated rings. The summed E-state index contributed by atoms with van der Waals surface area (Å²) >= 11 is 5.83. The van der Waals surface area contributed by atoms with Crippen molar-refractivity contribution in [1.29, 1.82) is 0 Å². The van der Waals surface area contributed by atoms with Crippen LogP contribution in [0.3, 0.4) is 0 Å². The van der Waals surface area contributed by atoms with Crippen LogP contribution in [0.4, 0.5) is 5.69 Å². The molecule has 0 spiro atoms. The lowest BCUT2D eigenvalue weighted by molar-refractivity contribution is 0.601. The van der Waals surface area contributed by atoms with Crippen molar-refractivity contribution in [2.75, 3.05) is 4.72 Å². The second-order valence-electron chi connectivity index (χ2n) is 3.60.